The fourth-order valence-electron chi connectivity index (χ4n) is 2.42. The highest BCUT2D eigenvalue weighted by molar-refractivity contribution is 5.37. The van der Waals surface area contributed by atoms with Crippen molar-refractivity contribution in [1.82, 2.24) is 4.90 Å². The number of hydrogen-bond donors (Lipinski definition) is 1. The summed E-state index contributed by atoms with van der Waals surface area (Å²) in [5.41, 5.74) is 10.1. The molecule has 0 heterocycles. The molecule has 0 unspecified atom stereocenters. The van der Waals surface area contributed by atoms with Crippen LogP contribution in [0.1, 0.15) is 22.3 Å². The number of rotatable bonds is 6. The molecule has 0 aliphatic rings. The molecular formula is C18H21N3. The van der Waals surface area contributed by atoms with Crippen LogP contribution in [0.4, 0.5) is 0 Å². The molecule has 2 aromatic rings. The second kappa shape index (κ2) is 7.58. The van der Waals surface area contributed by atoms with Crippen LogP contribution in [0.15, 0.2) is 48.5 Å². The third-order valence-corrected chi connectivity index (χ3v) is 3.56. The van der Waals surface area contributed by atoms with Crippen molar-refractivity contribution >= 4 is 0 Å². The number of benzene rings is 2. The number of nitrogens with zero attached hydrogens (tertiary/aromatic N) is 2. The summed E-state index contributed by atoms with van der Waals surface area (Å²) in [6.07, 6.45) is 0. The van der Waals surface area contributed by atoms with Crippen molar-refractivity contribution < 1.29 is 0 Å². The maximum atomic E-state index is 8.94. The van der Waals surface area contributed by atoms with Gasteiger partial charge in [-0.3, -0.25) is 4.90 Å². The second-order valence-electron chi connectivity index (χ2n) is 5.24. The number of nitrogens with two attached hydrogens (primary N) is 1. The molecule has 0 saturated carbocycles. The van der Waals surface area contributed by atoms with Gasteiger partial charge in [-0.25, -0.2) is 0 Å². The smallest absolute Gasteiger partial charge is 0.0991 e. The van der Waals surface area contributed by atoms with Crippen molar-refractivity contribution in [2.75, 3.05) is 13.1 Å². The first kappa shape index (κ1) is 15.2. The van der Waals surface area contributed by atoms with Crippen molar-refractivity contribution in [1.29, 1.82) is 5.26 Å². The highest BCUT2D eigenvalue weighted by atomic mass is 15.1. The number of aryl methyl sites for hydroxylation is 1. The largest absolute Gasteiger partial charge is 0.329 e. The molecule has 2 rings (SSSR count). The van der Waals surface area contributed by atoms with Crippen LogP contribution in [0.3, 0.4) is 0 Å². The Bertz CT molecular complexity index is 614. The Morgan fingerprint density at radius 1 is 1.10 bits per heavy atom. The van der Waals surface area contributed by atoms with Gasteiger partial charge in [-0.15, -0.1) is 0 Å². The van der Waals surface area contributed by atoms with Gasteiger partial charge >= 0.3 is 0 Å². The molecule has 0 radical (unpaired) electrons. The van der Waals surface area contributed by atoms with Gasteiger partial charge < -0.3 is 5.73 Å². The lowest BCUT2D eigenvalue weighted by molar-refractivity contribution is 0.264. The van der Waals surface area contributed by atoms with Crippen molar-refractivity contribution in [3.8, 4) is 6.07 Å². The van der Waals surface area contributed by atoms with Crippen LogP contribution in [-0.4, -0.2) is 18.0 Å². The van der Waals surface area contributed by atoms with Gasteiger partial charge in [-0.05, 0) is 35.7 Å². The lowest BCUT2D eigenvalue weighted by atomic mass is 10.0. The molecule has 3 nitrogen and oxygen atoms in total. The van der Waals surface area contributed by atoms with Crippen molar-refractivity contribution in [3.05, 3.63) is 70.8 Å². The first-order valence-corrected chi connectivity index (χ1v) is 7.19. The van der Waals surface area contributed by atoms with E-state index in [0.717, 1.165) is 25.2 Å². The SMILES string of the molecule is Cc1cc(C#N)ccc1CN(CCN)Cc1ccccc1. The topological polar surface area (TPSA) is 53.0 Å². The van der Waals surface area contributed by atoms with Gasteiger partial charge in [0, 0.05) is 26.2 Å². The van der Waals surface area contributed by atoms with Crippen LogP contribution in [0.5, 0.6) is 0 Å². The lowest BCUT2D eigenvalue weighted by Crippen LogP contribution is -2.29. The highest BCUT2D eigenvalue weighted by Crippen LogP contribution is 2.15. The molecule has 0 aliphatic heterocycles. The molecule has 0 saturated heterocycles. The van der Waals surface area contributed by atoms with Crippen molar-refractivity contribution in [2.45, 2.75) is 20.0 Å². The van der Waals surface area contributed by atoms with Crippen molar-refractivity contribution in [2.24, 2.45) is 5.73 Å². The van der Waals surface area contributed by atoms with Crippen LogP contribution in [-0.2, 0) is 13.1 Å². The minimum absolute atomic E-state index is 0.641. The zero-order valence-corrected chi connectivity index (χ0v) is 12.4. The Balaban J connectivity index is 2.11. The molecule has 0 fully saturated rings. The van der Waals surface area contributed by atoms with E-state index in [1.807, 2.05) is 24.3 Å². The van der Waals surface area contributed by atoms with Crippen LogP contribution in [0.2, 0.25) is 0 Å². The van der Waals surface area contributed by atoms with E-state index >= 15 is 0 Å². The summed E-state index contributed by atoms with van der Waals surface area (Å²) in [5, 5.41) is 8.94. The molecule has 0 atom stereocenters. The zero-order valence-electron chi connectivity index (χ0n) is 12.4. The fourth-order valence-corrected chi connectivity index (χ4v) is 2.42. The summed E-state index contributed by atoms with van der Waals surface area (Å²) in [6, 6.07) is 18.5. The van der Waals surface area contributed by atoms with Crippen LogP contribution in [0.25, 0.3) is 0 Å². The lowest BCUT2D eigenvalue weighted by Gasteiger charge is -2.22. The monoisotopic (exact) mass is 279 g/mol. The summed E-state index contributed by atoms with van der Waals surface area (Å²) in [4.78, 5) is 2.34. The van der Waals surface area contributed by atoms with Gasteiger partial charge in [0.15, 0.2) is 0 Å². The minimum Gasteiger partial charge on any atom is -0.329 e. The molecule has 0 aromatic heterocycles. The predicted molar refractivity (Wildman–Crippen MR) is 85.5 cm³/mol. The van der Waals surface area contributed by atoms with E-state index in [4.69, 9.17) is 11.0 Å². The van der Waals surface area contributed by atoms with Gasteiger partial charge in [0.2, 0.25) is 0 Å². The second-order valence-corrected chi connectivity index (χ2v) is 5.24. The van der Waals surface area contributed by atoms with E-state index in [1.165, 1.54) is 11.1 Å². The van der Waals surface area contributed by atoms with Gasteiger partial charge in [-0.2, -0.15) is 5.26 Å². The molecule has 21 heavy (non-hydrogen) atoms. The summed E-state index contributed by atoms with van der Waals surface area (Å²) in [7, 11) is 0. The third kappa shape index (κ3) is 4.42. The van der Waals surface area contributed by atoms with Crippen LogP contribution in [0, 0.1) is 18.3 Å². The van der Waals surface area contributed by atoms with E-state index < -0.39 is 0 Å². The Morgan fingerprint density at radius 3 is 2.48 bits per heavy atom. The van der Waals surface area contributed by atoms with Crippen LogP contribution < -0.4 is 5.73 Å². The molecule has 3 heteroatoms. The van der Waals surface area contributed by atoms with E-state index in [0.29, 0.717) is 12.1 Å². The first-order valence-electron chi connectivity index (χ1n) is 7.19. The van der Waals surface area contributed by atoms with E-state index in [1.54, 1.807) is 0 Å². The Kier molecular flexibility index (Phi) is 5.51. The third-order valence-electron chi connectivity index (χ3n) is 3.56. The van der Waals surface area contributed by atoms with Crippen molar-refractivity contribution in [3.63, 3.8) is 0 Å². The summed E-state index contributed by atoms with van der Waals surface area (Å²) in [5.74, 6) is 0. The normalized spacial score (nSPS) is 10.6. The van der Waals surface area contributed by atoms with Crippen LogP contribution >= 0.6 is 0 Å². The maximum absolute atomic E-state index is 8.94. The summed E-state index contributed by atoms with van der Waals surface area (Å²) >= 11 is 0. The zero-order chi connectivity index (χ0) is 15.1. The molecule has 2 aromatic carbocycles. The number of nitriles is 1. The van der Waals surface area contributed by atoms with Gasteiger partial charge in [0.25, 0.3) is 0 Å². The molecule has 0 amide bonds. The molecule has 108 valence electrons. The Morgan fingerprint density at radius 2 is 1.86 bits per heavy atom. The average molecular weight is 279 g/mol. The molecule has 0 bridgehead atoms. The molecule has 0 aliphatic carbocycles. The molecule has 2 N–H and O–H groups in total. The minimum atomic E-state index is 0.641. The fraction of sp³-hybridized carbons (Fsp3) is 0.278. The highest BCUT2D eigenvalue weighted by Gasteiger charge is 2.08. The summed E-state index contributed by atoms with van der Waals surface area (Å²) < 4.78 is 0. The molecule has 0 spiro atoms. The van der Waals surface area contributed by atoms with Gasteiger partial charge in [0.05, 0.1) is 11.6 Å². The standard InChI is InChI=1S/C18H21N3/c1-15-11-17(12-20)7-8-18(15)14-21(10-9-19)13-16-5-3-2-4-6-16/h2-8,11H,9-10,13-14,19H2,1H3. The first-order chi connectivity index (χ1) is 10.2. The maximum Gasteiger partial charge on any atom is 0.0991 e. The van der Waals surface area contributed by atoms with E-state index in [2.05, 4.69) is 42.2 Å². The number of hydrogen-bond acceptors (Lipinski definition) is 3. The summed E-state index contributed by atoms with van der Waals surface area (Å²) in [6.45, 7) is 5.29. The quantitative estimate of drug-likeness (QED) is 0.884. The predicted octanol–water partition coefficient (Wildman–Crippen LogP) is 2.83. The van der Waals surface area contributed by atoms with E-state index in [-0.39, 0.29) is 0 Å². The Labute approximate surface area is 126 Å². The van der Waals surface area contributed by atoms with Gasteiger partial charge in [0.1, 0.15) is 0 Å². The average Bonchev–Trinajstić information content (AvgIpc) is 2.50. The van der Waals surface area contributed by atoms with Gasteiger partial charge in [-0.1, -0.05) is 36.4 Å². The van der Waals surface area contributed by atoms with E-state index in [9.17, 15) is 0 Å². The molecular weight excluding hydrogens is 258 g/mol. The Hall–Kier alpha value is -2.15.